The molecular weight excluding hydrogens is 366 g/mol. The van der Waals surface area contributed by atoms with Crippen LogP contribution in [-0.4, -0.2) is 37.7 Å². The van der Waals surface area contributed by atoms with Crippen LogP contribution in [-0.2, 0) is 0 Å². The summed E-state index contributed by atoms with van der Waals surface area (Å²) in [6.07, 6.45) is 2.33. The van der Waals surface area contributed by atoms with Gasteiger partial charge in [-0.1, -0.05) is 18.3 Å². The summed E-state index contributed by atoms with van der Waals surface area (Å²) in [4.78, 5) is 17.8. The Balaban J connectivity index is 1.80. The molecule has 3 atom stereocenters. The number of aromatic hydroxyl groups is 1. The SMILES string of the molecule is Cc1nc2sc([C@@H](c3ccc([N+](=O)[O-])cc3)[NH+]3CCC[C@H](C)C3)c(O)n2n1. The van der Waals surface area contributed by atoms with Gasteiger partial charge in [0.25, 0.3) is 5.69 Å². The van der Waals surface area contributed by atoms with Gasteiger partial charge in [0.1, 0.15) is 10.7 Å². The molecular formula is C18H22N5O3S+. The highest BCUT2D eigenvalue weighted by Gasteiger charge is 2.35. The number of fused-ring (bicyclic) bond motifs is 1. The van der Waals surface area contributed by atoms with E-state index in [1.807, 2.05) is 0 Å². The summed E-state index contributed by atoms with van der Waals surface area (Å²) in [5.74, 6) is 1.33. The number of piperidine rings is 1. The zero-order valence-corrected chi connectivity index (χ0v) is 16.1. The summed E-state index contributed by atoms with van der Waals surface area (Å²) < 4.78 is 1.49. The zero-order chi connectivity index (χ0) is 19.1. The average molecular weight is 388 g/mol. The summed E-state index contributed by atoms with van der Waals surface area (Å²) >= 11 is 1.44. The van der Waals surface area contributed by atoms with Gasteiger partial charge in [-0.2, -0.15) is 4.52 Å². The molecule has 1 aromatic carbocycles. The molecule has 4 rings (SSSR count). The maximum Gasteiger partial charge on any atom is 0.269 e. The van der Waals surface area contributed by atoms with Crippen molar-refractivity contribution in [1.82, 2.24) is 14.6 Å². The Morgan fingerprint density at radius 1 is 1.41 bits per heavy atom. The molecule has 0 bridgehead atoms. The van der Waals surface area contributed by atoms with Crippen molar-refractivity contribution in [1.29, 1.82) is 0 Å². The van der Waals surface area contributed by atoms with Crippen LogP contribution in [0.5, 0.6) is 5.88 Å². The van der Waals surface area contributed by atoms with Crippen LogP contribution in [0, 0.1) is 23.0 Å². The quantitative estimate of drug-likeness (QED) is 0.527. The third-order valence-electron chi connectivity index (χ3n) is 5.22. The predicted octanol–water partition coefficient (Wildman–Crippen LogP) is 2.12. The topological polar surface area (TPSA) is 98.0 Å². The maximum absolute atomic E-state index is 11.0. The number of aromatic nitrogens is 3. The van der Waals surface area contributed by atoms with Crippen LogP contribution in [0.15, 0.2) is 24.3 Å². The van der Waals surface area contributed by atoms with Crippen molar-refractivity contribution >= 4 is 22.0 Å². The van der Waals surface area contributed by atoms with Gasteiger partial charge >= 0.3 is 0 Å². The number of thiazole rings is 1. The van der Waals surface area contributed by atoms with E-state index in [1.165, 1.54) is 39.3 Å². The number of nitrogens with zero attached hydrogens (tertiary/aromatic N) is 4. The summed E-state index contributed by atoms with van der Waals surface area (Å²) in [6, 6.07) is 6.58. The number of aryl methyl sites for hydroxylation is 1. The molecule has 1 aliphatic rings. The monoisotopic (exact) mass is 388 g/mol. The number of quaternary nitrogens is 1. The second-order valence-electron chi connectivity index (χ2n) is 7.28. The Morgan fingerprint density at radius 3 is 2.78 bits per heavy atom. The average Bonchev–Trinajstić information content (AvgIpc) is 3.14. The molecule has 0 radical (unpaired) electrons. The lowest BCUT2D eigenvalue weighted by molar-refractivity contribution is -0.933. The van der Waals surface area contributed by atoms with E-state index in [0.29, 0.717) is 16.7 Å². The molecule has 0 aliphatic carbocycles. The maximum atomic E-state index is 11.0. The van der Waals surface area contributed by atoms with E-state index in [0.717, 1.165) is 30.0 Å². The highest BCUT2D eigenvalue weighted by Crippen LogP contribution is 2.35. The van der Waals surface area contributed by atoms with Crippen LogP contribution in [0.3, 0.4) is 0 Å². The number of nitro benzene ring substituents is 1. The smallest absolute Gasteiger partial charge is 0.269 e. The molecule has 1 aliphatic heterocycles. The lowest BCUT2D eigenvalue weighted by Crippen LogP contribution is -3.13. The Kier molecular flexibility index (Phi) is 4.56. The Bertz CT molecular complexity index is 981. The molecule has 2 N–H and O–H groups in total. The van der Waals surface area contributed by atoms with Crippen molar-refractivity contribution < 1.29 is 14.9 Å². The molecule has 3 heterocycles. The van der Waals surface area contributed by atoms with Gasteiger partial charge in [0.05, 0.1) is 18.0 Å². The molecule has 9 heteroatoms. The standard InChI is InChI=1S/C18H21N5O3S/c1-11-4-3-9-21(10-11)15(13-5-7-14(8-6-13)23(25)26)16-17(24)22-18(27-16)19-12(2)20-22/h5-8,11,15,24H,3-4,9-10H2,1-2H3/p+1/t11-,15+/m0/s1. The molecule has 1 unspecified atom stereocenters. The molecule has 1 saturated heterocycles. The highest BCUT2D eigenvalue weighted by atomic mass is 32.1. The second-order valence-corrected chi connectivity index (χ2v) is 8.29. The van der Waals surface area contributed by atoms with Crippen molar-refractivity contribution in [2.45, 2.75) is 32.7 Å². The number of hydrogen-bond acceptors (Lipinski definition) is 6. The second kappa shape index (κ2) is 6.90. The minimum Gasteiger partial charge on any atom is -0.492 e. The largest absolute Gasteiger partial charge is 0.492 e. The van der Waals surface area contributed by atoms with Gasteiger partial charge in [-0.15, -0.1) is 5.10 Å². The first-order valence-electron chi connectivity index (χ1n) is 9.08. The number of non-ortho nitro benzene ring substituents is 1. The van der Waals surface area contributed by atoms with Crippen molar-refractivity contribution in [3.05, 3.63) is 50.6 Å². The first-order chi connectivity index (χ1) is 12.9. The number of nitro groups is 1. The Morgan fingerprint density at radius 2 is 2.15 bits per heavy atom. The Labute approximate surface area is 160 Å². The number of nitrogens with one attached hydrogen (secondary N) is 1. The van der Waals surface area contributed by atoms with E-state index in [1.54, 1.807) is 19.1 Å². The molecule has 142 valence electrons. The van der Waals surface area contributed by atoms with E-state index in [2.05, 4.69) is 17.0 Å². The number of rotatable bonds is 4. The molecule has 2 aromatic heterocycles. The molecule has 8 nitrogen and oxygen atoms in total. The fraction of sp³-hybridized carbons (Fsp3) is 0.444. The molecule has 1 fully saturated rings. The van der Waals surface area contributed by atoms with Gasteiger partial charge in [0.15, 0.2) is 6.04 Å². The molecule has 0 saturated carbocycles. The van der Waals surface area contributed by atoms with Gasteiger partial charge in [0, 0.05) is 23.6 Å². The van der Waals surface area contributed by atoms with Gasteiger partial charge in [-0.3, -0.25) is 10.1 Å². The summed E-state index contributed by atoms with van der Waals surface area (Å²) in [5.41, 5.74) is 1.03. The number of benzene rings is 1. The van der Waals surface area contributed by atoms with Gasteiger partial charge < -0.3 is 10.0 Å². The fourth-order valence-corrected chi connectivity index (χ4v) is 5.18. The van der Waals surface area contributed by atoms with E-state index >= 15 is 0 Å². The summed E-state index contributed by atoms with van der Waals surface area (Å²) in [5, 5.41) is 26.1. The highest BCUT2D eigenvalue weighted by molar-refractivity contribution is 7.17. The van der Waals surface area contributed by atoms with Gasteiger partial charge in [-0.05, 0) is 31.9 Å². The van der Waals surface area contributed by atoms with E-state index in [4.69, 9.17) is 0 Å². The van der Waals surface area contributed by atoms with Crippen molar-refractivity contribution in [3.8, 4) is 5.88 Å². The Hall–Kier alpha value is -2.52. The van der Waals surface area contributed by atoms with Crippen molar-refractivity contribution in [2.75, 3.05) is 13.1 Å². The number of likely N-dealkylation sites (tertiary alicyclic amines) is 1. The first kappa shape index (κ1) is 17.9. The minimum atomic E-state index is -0.391. The third-order valence-corrected chi connectivity index (χ3v) is 6.30. The molecule has 3 aromatic rings. The minimum absolute atomic E-state index is 0.0713. The van der Waals surface area contributed by atoms with Crippen LogP contribution in [0.25, 0.3) is 4.96 Å². The molecule has 27 heavy (non-hydrogen) atoms. The van der Waals surface area contributed by atoms with Gasteiger partial charge in [0.2, 0.25) is 10.8 Å². The summed E-state index contributed by atoms with van der Waals surface area (Å²) in [7, 11) is 0. The zero-order valence-electron chi connectivity index (χ0n) is 15.3. The molecule has 0 amide bonds. The van der Waals surface area contributed by atoms with Crippen molar-refractivity contribution in [2.24, 2.45) is 5.92 Å². The third kappa shape index (κ3) is 3.28. The van der Waals surface area contributed by atoms with E-state index in [9.17, 15) is 15.2 Å². The van der Waals surface area contributed by atoms with E-state index < -0.39 is 4.92 Å². The summed E-state index contributed by atoms with van der Waals surface area (Å²) in [6.45, 7) is 6.04. The van der Waals surface area contributed by atoms with E-state index in [-0.39, 0.29) is 17.6 Å². The fourth-order valence-electron chi connectivity index (χ4n) is 3.99. The van der Waals surface area contributed by atoms with Gasteiger partial charge in [-0.25, -0.2) is 4.98 Å². The van der Waals surface area contributed by atoms with Crippen LogP contribution in [0.1, 0.15) is 42.1 Å². The van der Waals surface area contributed by atoms with Crippen LogP contribution in [0.4, 0.5) is 5.69 Å². The van der Waals surface area contributed by atoms with Crippen LogP contribution in [0.2, 0.25) is 0 Å². The lowest BCUT2D eigenvalue weighted by Gasteiger charge is -2.34. The molecule has 0 spiro atoms. The van der Waals surface area contributed by atoms with Crippen molar-refractivity contribution in [3.63, 3.8) is 0 Å². The lowest BCUT2D eigenvalue weighted by atomic mass is 9.95. The first-order valence-corrected chi connectivity index (χ1v) is 9.89. The predicted molar refractivity (Wildman–Crippen MR) is 101 cm³/mol. The number of hydrogen-bond donors (Lipinski definition) is 2. The normalized spacial score (nSPS) is 21.4. The van der Waals surface area contributed by atoms with Crippen LogP contribution >= 0.6 is 11.3 Å². The van der Waals surface area contributed by atoms with Crippen LogP contribution < -0.4 is 4.90 Å².